The summed E-state index contributed by atoms with van der Waals surface area (Å²) in [6, 6.07) is 1.90. The van der Waals surface area contributed by atoms with E-state index in [0.29, 0.717) is 44.9 Å². The zero-order valence-corrected chi connectivity index (χ0v) is 16.0. The predicted molar refractivity (Wildman–Crippen MR) is 93.8 cm³/mol. The van der Waals surface area contributed by atoms with Gasteiger partial charge in [0.15, 0.2) is 0 Å². The van der Waals surface area contributed by atoms with Gasteiger partial charge in [-0.2, -0.15) is 13.2 Å². The molecule has 0 saturated heterocycles. The Hall–Kier alpha value is -1.48. The van der Waals surface area contributed by atoms with Crippen molar-refractivity contribution in [2.24, 2.45) is 0 Å². The van der Waals surface area contributed by atoms with Crippen LogP contribution in [0.3, 0.4) is 0 Å². The predicted octanol–water partition coefficient (Wildman–Crippen LogP) is 2.78. The zero-order valence-electron chi connectivity index (χ0n) is 14.4. The Morgan fingerprint density at radius 3 is 2.73 bits per heavy atom. The second kappa shape index (κ2) is 7.64. The van der Waals surface area contributed by atoms with Gasteiger partial charge in [0.1, 0.15) is 12.4 Å². The number of hydrogen-bond donors (Lipinski definition) is 0. The Morgan fingerprint density at radius 2 is 2.04 bits per heavy atom. The lowest BCUT2D eigenvalue weighted by atomic mass is 10.0. The van der Waals surface area contributed by atoms with Crippen LogP contribution in [0.2, 0.25) is 0 Å². The first kappa shape index (κ1) is 19.3. The number of anilines is 1. The van der Waals surface area contributed by atoms with Gasteiger partial charge in [-0.3, -0.25) is 4.79 Å². The maximum Gasteiger partial charge on any atom is 0.471 e. The van der Waals surface area contributed by atoms with E-state index in [-0.39, 0.29) is 13.1 Å². The van der Waals surface area contributed by atoms with E-state index >= 15 is 0 Å². The van der Waals surface area contributed by atoms with Crippen LogP contribution in [0, 0.1) is 0 Å². The molecule has 0 fully saturated rings. The number of amides is 1. The summed E-state index contributed by atoms with van der Waals surface area (Å²) in [6.45, 7) is 2.61. The first-order valence-electron chi connectivity index (χ1n) is 8.40. The van der Waals surface area contributed by atoms with Crippen LogP contribution in [0.4, 0.5) is 18.9 Å². The highest BCUT2D eigenvalue weighted by Crippen LogP contribution is 2.43. The summed E-state index contributed by atoms with van der Waals surface area (Å²) in [7, 11) is 1.64. The van der Waals surface area contributed by atoms with E-state index in [0.717, 1.165) is 26.2 Å². The van der Waals surface area contributed by atoms with Gasteiger partial charge in [-0.15, -0.1) is 0 Å². The fraction of sp³-hybridized carbons (Fsp3) is 0.588. The number of nitrogens with zero attached hydrogens (tertiary/aromatic N) is 2. The number of hydrogen-bond acceptors (Lipinski definition) is 4. The number of ether oxygens (including phenoxy) is 2. The number of methoxy groups -OCH3 is 1. The molecule has 144 valence electrons. The minimum atomic E-state index is -4.84. The molecule has 0 bridgehead atoms. The van der Waals surface area contributed by atoms with E-state index in [2.05, 4.69) is 20.8 Å². The maximum atomic E-state index is 12.8. The SMILES string of the molecule is COCCN1CCOc2cc3c(c(Br)c21)CCN(C(=O)C(F)(F)F)CC3. The van der Waals surface area contributed by atoms with Gasteiger partial charge in [-0.05, 0) is 46.0 Å². The summed E-state index contributed by atoms with van der Waals surface area (Å²) in [6.07, 6.45) is -4.11. The molecular weight excluding hydrogens is 417 g/mol. The fourth-order valence-electron chi connectivity index (χ4n) is 3.40. The van der Waals surface area contributed by atoms with Crippen molar-refractivity contribution in [3.05, 3.63) is 21.7 Å². The van der Waals surface area contributed by atoms with Crippen molar-refractivity contribution in [1.82, 2.24) is 4.90 Å². The molecule has 3 rings (SSSR count). The van der Waals surface area contributed by atoms with Crippen LogP contribution < -0.4 is 9.64 Å². The minimum absolute atomic E-state index is 0.0433. The molecule has 0 aliphatic carbocycles. The third-order valence-electron chi connectivity index (χ3n) is 4.71. The monoisotopic (exact) mass is 436 g/mol. The molecule has 1 aromatic carbocycles. The lowest BCUT2D eigenvalue weighted by Gasteiger charge is -2.33. The van der Waals surface area contributed by atoms with Crippen molar-refractivity contribution >= 4 is 27.5 Å². The fourth-order valence-corrected chi connectivity index (χ4v) is 4.30. The third kappa shape index (κ3) is 3.78. The molecule has 0 aromatic heterocycles. The lowest BCUT2D eigenvalue weighted by molar-refractivity contribution is -0.185. The molecule has 1 aromatic rings. The molecule has 0 unspecified atom stereocenters. The number of fused-ring (bicyclic) bond motifs is 2. The Morgan fingerprint density at radius 1 is 1.31 bits per heavy atom. The number of carbonyl (C=O) groups excluding carboxylic acids is 1. The highest BCUT2D eigenvalue weighted by Gasteiger charge is 2.42. The van der Waals surface area contributed by atoms with Crippen molar-refractivity contribution in [3.8, 4) is 5.75 Å². The second-order valence-corrected chi connectivity index (χ2v) is 7.09. The number of halogens is 4. The average molecular weight is 437 g/mol. The van der Waals surface area contributed by atoms with Gasteiger partial charge in [0.25, 0.3) is 0 Å². The van der Waals surface area contributed by atoms with Crippen molar-refractivity contribution < 1.29 is 27.4 Å². The maximum absolute atomic E-state index is 12.8. The van der Waals surface area contributed by atoms with Crippen LogP contribution >= 0.6 is 15.9 Å². The summed E-state index contributed by atoms with van der Waals surface area (Å²) < 4.78 is 50.0. The average Bonchev–Trinajstić information content (AvgIpc) is 2.81. The molecular formula is C17H20BrF3N2O3. The topological polar surface area (TPSA) is 42.0 Å². The number of benzene rings is 1. The van der Waals surface area contributed by atoms with Gasteiger partial charge in [0, 0.05) is 31.2 Å². The van der Waals surface area contributed by atoms with Crippen molar-refractivity contribution in [2.45, 2.75) is 19.0 Å². The van der Waals surface area contributed by atoms with E-state index in [9.17, 15) is 18.0 Å². The van der Waals surface area contributed by atoms with Crippen molar-refractivity contribution in [3.63, 3.8) is 0 Å². The van der Waals surface area contributed by atoms with Gasteiger partial charge in [-0.1, -0.05) is 0 Å². The van der Waals surface area contributed by atoms with E-state index < -0.39 is 12.1 Å². The smallest absolute Gasteiger partial charge is 0.471 e. The molecule has 2 heterocycles. The largest absolute Gasteiger partial charge is 0.490 e. The van der Waals surface area contributed by atoms with E-state index in [1.165, 1.54) is 0 Å². The standard InChI is InChI=1S/C17H20BrF3N2O3/c1-25-8-6-22-7-9-26-13-10-11-2-4-23(16(24)17(19,20)21)5-3-12(11)14(18)15(13)22/h10H,2-9H2,1H3. The third-order valence-corrected chi connectivity index (χ3v) is 5.57. The summed E-state index contributed by atoms with van der Waals surface area (Å²) in [5.74, 6) is -1.06. The molecule has 5 nitrogen and oxygen atoms in total. The number of rotatable bonds is 3. The van der Waals surface area contributed by atoms with Gasteiger partial charge in [-0.25, -0.2) is 0 Å². The molecule has 2 aliphatic rings. The van der Waals surface area contributed by atoms with Gasteiger partial charge < -0.3 is 19.3 Å². The Labute approximate surface area is 158 Å². The number of alkyl halides is 3. The molecule has 9 heteroatoms. The lowest BCUT2D eigenvalue weighted by Crippen LogP contribution is -2.42. The quantitative estimate of drug-likeness (QED) is 0.730. The van der Waals surface area contributed by atoms with Crippen molar-refractivity contribution in [2.75, 3.05) is 51.4 Å². The van der Waals surface area contributed by atoms with Crippen molar-refractivity contribution in [1.29, 1.82) is 0 Å². The van der Waals surface area contributed by atoms with Crippen LogP contribution in [-0.2, 0) is 22.4 Å². The second-order valence-electron chi connectivity index (χ2n) is 6.29. The zero-order chi connectivity index (χ0) is 18.9. The van der Waals surface area contributed by atoms with E-state index in [1.807, 2.05) is 6.07 Å². The molecule has 26 heavy (non-hydrogen) atoms. The summed E-state index contributed by atoms with van der Waals surface area (Å²) >= 11 is 3.63. The van der Waals surface area contributed by atoms with E-state index in [4.69, 9.17) is 9.47 Å². The van der Waals surface area contributed by atoms with Crippen LogP contribution in [0.15, 0.2) is 10.5 Å². The first-order chi connectivity index (χ1) is 12.3. The molecule has 1 amide bonds. The number of carbonyl (C=O) groups is 1. The molecule has 0 N–H and O–H groups in total. The first-order valence-corrected chi connectivity index (χ1v) is 9.19. The Kier molecular flexibility index (Phi) is 5.67. The van der Waals surface area contributed by atoms with Crippen LogP contribution in [0.25, 0.3) is 0 Å². The summed E-state index contributed by atoms with van der Waals surface area (Å²) in [4.78, 5) is 14.6. The highest BCUT2D eigenvalue weighted by atomic mass is 79.9. The van der Waals surface area contributed by atoms with Gasteiger partial charge in [0.2, 0.25) is 0 Å². The summed E-state index contributed by atoms with van der Waals surface area (Å²) in [5, 5.41) is 0. The molecule has 0 radical (unpaired) electrons. The van der Waals surface area contributed by atoms with Crippen LogP contribution in [0.5, 0.6) is 5.75 Å². The Bertz CT molecular complexity index is 697. The normalized spacial score (nSPS) is 17.3. The van der Waals surface area contributed by atoms with E-state index in [1.54, 1.807) is 7.11 Å². The van der Waals surface area contributed by atoms with Crippen LogP contribution in [-0.4, -0.2) is 63.5 Å². The minimum Gasteiger partial charge on any atom is -0.490 e. The molecule has 0 spiro atoms. The highest BCUT2D eigenvalue weighted by molar-refractivity contribution is 9.10. The molecule has 0 atom stereocenters. The van der Waals surface area contributed by atoms with Gasteiger partial charge >= 0.3 is 12.1 Å². The molecule has 0 saturated carbocycles. The van der Waals surface area contributed by atoms with Gasteiger partial charge in [0.05, 0.1) is 18.8 Å². The Balaban J connectivity index is 1.89. The van der Waals surface area contributed by atoms with Crippen LogP contribution in [0.1, 0.15) is 11.1 Å². The molecule has 2 aliphatic heterocycles. The summed E-state index contributed by atoms with van der Waals surface area (Å²) in [5.41, 5.74) is 2.76.